The fourth-order valence-corrected chi connectivity index (χ4v) is 4.97. The first-order chi connectivity index (χ1) is 15.6. The van der Waals surface area contributed by atoms with Crippen LogP contribution in [0, 0.1) is 0 Å². The van der Waals surface area contributed by atoms with Crippen molar-refractivity contribution in [2.45, 2.75) is 47.0 Å². The molecule has 3 rings (SSSR count). The van der Waals surface area contributed by atoms with E-state index in [-0.39, 0.29) is 6.16 Å². The van der Waals surface area contributed by atoms with Crippen LogP contribution in [0.3, 0.4) is 0 Å². The van der Waals surface area contributed by atoms with Crippen molar-refractivity contribution in [1.82, 2.24) is 0 Å². The Labute approximate surface area is 196 Å². The molecule has 0 amide bonds. The SMILES string of the molecule is CC.CC.CC.COP(=O)(CC(c1ccccc1)(c1ccccc1)c1ccccc1)OC. The second kappa shape index (κ2) is 16.4. The zero-order valence-corrected chi connectivity index (χ0v) is 21.9. The van der Waals surface area contributed by atoms with Crippen molar-refractivity contribution in [2.24, 2.45) is 0 Å². The molecule has 0 unspecified atom stereocenters. The predicted octanol–water partition coefficient (Wildman–Crippen LogP) is 8.59. The molecule has 0 saturated carbocycles. The fraction of sp³-hybridized carbons (Fsp3) is 0.357. The summed E-state index contributed by atoms with van der Waals surface area (Å²) in [5.41, 5.74) is 2.50. The zero-order chi connectivity index (χ0) is 24.5. The van der Waals surface area contributed by atoms with Crippen molar-refractivity contribution >= 4 is 7.60 Å². The normalized spacial score (nSPS) is 10.4. The monoisotopic (exact) mass is 456 g/mol. The summed E-state index contributed by atoms with van der Waals surface area (Å²) in [5.74, 6) is 0. The summed E-state index contributed by atoms with van der Waals surface area (Å²) in [6, 6.07) is 30.3. The second-order valence-corrected chi connectivity index (χ2v) is 8.41. The third-order valence-corrected chi connectivity index (χ3v) is 6.76. The van der Waals surface area contributed by atoms with Gasteiger partial charge in [0.15, 0.2) is 0 Å². The van der Waals surface area contributed by atoms with E-state index in [2.05, 4.69) is 36.4 Å². The van der Waals surface area contributed by atoms with Gasteiger partial charge in [-0.25, -0.2) is 0 Å². The van der Waals surface area contributed by atoms with Gasteiger partial charge in [0.1, 0.15) is 0 Å². The molecule has 0 atom stereocenters. The van der Waals surface area contributed by atoms with Crippen molar-refractivity contribution in [2.75, 3.05) is 20.4 Å². The summed E-state index contributed by atoms with van der Waals surface area (Å²) in [4.78, 5) is 0. The van der Waals surface area contributed by atoms with Gasteiger partial charge in [-0.3, -0.25) is 4.57 Å². The predicted molar refractivity (Wildman–Crippen MR) is 140 cm³/mol. The van der Waals surface area contributed by atoms with Crippen molar-refractivity contribution in [3.8, 4) is 0 Å². The van der Waals surface area contributed by atoms with E-state index in [4.69, 9.17) is 9.05 Å². The lowest BCUT2D eigenvalue weighted by Gasteiger charge is -2.37. The summed E-state index contributed by atoms with van der Waals surface area (Å²) in [5, 5.41) is 0. The van der Waals surface area contributed by atoms with Crippen LogP contribution in [0.25, 0.3) is 0 Å². The summed E-state index contributed by atoms with van der Waals surface area (Å²) < 4.78 is 23.9. The van der Waals surface area contributed by atoms with Crippen molar-refractivity contribution in [3.05, 3.63) is 108 Å². The lowest BCUT2D eigenvalue weighted by molar-refractivity contribution is 0.271. The molecule has 3 nitrogen and oxygen atoms in total. The van der Waals surface area contributed by atoms with E-state index in [1.165, 1.54) is 14.2 Å². The molecule has 0 radical (unpaired) electrons. The Hall–Kier alpha value is -2.19. The third kappa shape index (κ3) is 7.45. The highest BCUT2D eigenvalue weighted by molar-refractivity contribution is 7.53. The van der Waals surface area contributed by atoms with Gasteiger partial charge in [-0.15, -0.1) is 0 Å². The molecule has 0 bridgehead atoms. The van der Waals surface area contributed by atoms with Gasteiger partial charge in [0.2, 0.25) is 0 Å². The van der Waals surface area contributed by atoms with Gasteiger partial charge < -0.3 is 9.05 Å². The van der Waals surface area contributed by atoms with Gasteiger partial charge in [-0.05, 0) is 16.7 Å². The van der Waals surface area contributed by atoms with Gasteiger partial charge in [0.25, 0.3) is 0 Å². The molecular weight excluding hydrogens is 415 g/mol. The molecule has 0 fully saturated rings. The van der Waals surface area contributed by atoms with Crippen molar-refractivity contribution < 1.29 is 13.6 Å². The minimum Gasteiger partial charge on any atom is -0.312 e. The molecule has 0 saturated heterocycles. The van der Waals surface area contributed by atoms with E-state index in [1.54, 1.807) is 0 Å². The molecular formula is C28H41O3P. The lowest BCUT2D eigenvalue weighted by atomic mass is 9.71. The average Bonchev–Trinajstić information content (AvgIpc) is 2.92. The first-order valence-electron chi connectivity index (χ1n) is 11.5. The minimum atomic E-state index is -3.30. The minimum absolute atomic E-state index is 0.213. The first-order valence-corrected chi connectivity index (χ1v) is 13.2. The summed E-state index contributed by atoms with van der Waals surface area (Å²) in [7, 11) is -0.418. The third-order valence-electron chi connectivity index (χ3n) is 4.79. The molecule has 32 heavy (non-hydrogen) atoms. The first kappa shape index (κ1) is 29.8. The average molecular weight is 457 g/mol. The van der Waals surface area contributed by atoms with Crippen LogP contribution < -0.4 is 0 Å². The highest BCUT2D eigenvalue weighted by atomic mass is 31.2. The standard InChI is InChI=1S/C22H23O3P.3C2H6/c1-24-26(23,25-2)18-22(19-12-6-3-7-13-19,20-14-8-4-9-15-20)21-16-10-5-11-17-21;3*1-2/h3-17H,18H2,1-2H3;3*1-2H3. The molecule has 0 aliphatic rings. The van der Waals surface area contributed by atoms with E-state index in [0.29, 0.717) is 0 Å². The molecule has 3 aromatic carbocycles. The van der Waals surface area contributed by atoms with Crippen LogP contribution in [-0.4, -0.2) is 20.4 Å². The van der Waals surface area contributed by atoms with Crippen LogP contribution in [0.15, 0.2) is 91.0 Å². The summed E-state index contributed by atoms with van der Waals surface area (Å²) in [6.07, 6.45) is 0.213. The Morgan fingerprint density at radius 1 is 0.562 bits per heavy atom. The number of hydrogen-bond donors (Lipinski definition) is 0. The molecule has 4 heteroatoms. The van der Waals surface area contributed by atoms with E-state index in [9.17, 15) is 4.57 Å². The molecule has 3 aromatic rings. The Kier molecular flexibility index (Phi) is 15.3. The maximum absolute atomic E-state index is 13.2. The zero-order valence-electron chi connectivity index (χ0n) is 21.0. The molecule has 176 valence electrons. The van der Waals surface area contributed by atoms with E-state index in [1.807, 2.05) is 96.1 Å². The quantitative estimate of drug-likeness (QED) is 0.264. The smallest absolute Gasteiger partial charge is 0.312 e. The molecule has 0 aliphatic heterocycles. The van der Waals surface area contributed by atoms with Crippen LogP contribution >= 0.6 is 7.60 Å². The van der Waals surface area contributed by atoms with Crippen LogP contribution in [0.1, 0.15) is 58.2 Å². The van der Waals surface area contributed by atoms with Crippen LogP contribution in [0.4, 0.5) is 0 Å². The molecule has 0 N–H and O–H groups in total. The lowest BCUT2D eigenvalue weighted by Crippen LogP contribution is -2.34. The topological polar surface area (TPSA) is 35.5 Å². The number of rotatable bonds is 7. The Bertz CT molecular complexity index is 760. The van der Waals surface area contributed by atoms with E-state index < -0.39 is 13.0 Å². The molecule has 0 spiro atoms. The highest BCUT2D eigenvalue weighted by Crippen LogP contribution is 2.55. The van der Waals surface area contributed by atoms with E-state index >= 15 is 0 Å². The van der Waals surface area contributed by atoms with Gasteiger partial charge in [-0.1, -0.05) is 133 Å². The van der Waals surface area contributed by atoms with Gasteiger partial charge in [0.05, 0.1) is 11.6 Å². The Balaban J connectivity index is 0.00000148. The number of benzene rings is 3. The Morgan fingerprint density at radius 3 is 1.03 bits per heavy atom. The van der Waals surface area contributed by atoms with Gasteiger partial charge in [-0.2, -0.15) is 0 Å². The molecule has 0 aromatic heterocycles. The van der Waals surface area contributed by atoms with Crippen LogP contribution in [0.5, 0.6) is 0 Å². The maximum Gasteiger partial charge on any atom is 0.331 e. The van der Waals surface area contributed by atoms with Crippen molar-refractivity contribution in [1.29, 1.82) is 0 Å². The molecule has 0 aliphatic carbocycles. The largest absolute Gasteiger partial charge is 0.331 e. The van der Waals surface area contributed by atoms with Crippen LogP contribution in [0.2, 0.25) is 0 Å². The van der Waals surface area contributed by atoms with Crippen LogP contribution in [-0.2, 0) is 19.0 Å². The van der Waals surface area contributed by atoms with Gasteiger partial charge in [0, 0.05) is 14.2 Å². The number of hydrogen-bond acceptors (Lipinski definition) is 3. The van der Waals surface area contributed by atoms with Crippen molar-refractivity contribution in [3.63, 3.8) is 0 Å². The summed E-state index contributed by atoms with van der Waals surface area (Å²) in [6.45, 7) is 12.0. The fourth-order valence-electron chi connectivity index (χ4n) is 3.44. The highest BCUT2D eigenvalue weighted by Gasteiger charge is 2.43. The molecule has 0 heterocycles. The maximum atomic E-state index is 13.2. The Morgan fingerprint density at radius 2 is 0.812 bits per heavy atom. The van der Waals surface area contributed by atoms with Gasteiger partial charge >= 0.3 is 7.60 Å². The summed E-state index contributed by atoms with van der Waals surface area (Å²) >= 11 is 0. The second-order valence-electron chi connectivity index (χ2n) is 6.14. The van der Waals surface area contributed by atoms with E-state index in [0.717, 1.165) is 16.7 Å².